The fourth-order valence-corrected chi connectivity index (χ4v) is 3.37. The Morgan fingerprint density at radius 2 is 2.09 bits per heavy atom. The lowest BCUT2D eigenvalue weighted by Gasteiger charge is -2.45. The second-order valence-corrected chi connectivity index (χ2v) is 6.67. The van der Waals surface area contributed by atoms with Gasteiger partial charge in [0, 0.05) is 38.8 Å². The second kappa shape index (κ2) is 6.53. The summed E-state index contributed by atoms with van der Waals surface area (Å²) in [7, 11) is 1.68. The van der Waals surface area contributed by atoms with E-state index < -0.39 is 17.5 Å². The van der Waals surface area contributed by atoms with Crippen LogP contribution in [-0.4, -0.2) is 59.6 Å². The molecule has 1 heterocycles. The standard InChI is InChI=1S/C17H22F2N2O2/c1-20(17(23)14-6-5-12(18)7-15(14)19)16(11-3-2-4-11)10-21-8-13(22)9-21/h5-7,11,13,16,22H,2-4,8-10H2,1H3/t16-/m0/s1. The number of hydrogen-bond acceptors (Lipinski definition) is 3. The van der Waals surface area contributed by atoms with E-state index >= 15 is 0 Å². The first-order valence-corrected chi connectivity index (χ1v) is 8.08. The van der Waals surface area contributed by atoms with E-state index in [0.717, 1.165) is 31.4 Å². The minimum atomic E-state index is -0.825. The van der Waals surface area contributed by atoms with E-state index in [9.17, 15) is 18.7 Å². The number of carbonyl (C=O) groups excluding carboxylic acids is 1. The van der Waals surface area contributed by atoms with Gasteiger partial charge >= 0.3 is 0 Å². The predicted octanol–water partition coefficient (Wildman–Crippen LogP) is 1.88. The summed E-state index contributed by atoms with van der Waals surface area (Å²) in [5, 5.41) is 9.42. The lowest BCUT2D eigenvalue weighted by molar-refractivity contribution is -0.0224. The molecule has 0 aromatic heterocycles. The van der Waals surface area contributed by atoms with Gasteiger partial charge in [-0.3, -0.25) is 9.69 Å². The first kappa shape index (κ1) is 16.3. The van der Waals surface area contributed by atoms with Crippen molar-refractivity contribution in [3.8, 4) is 0 Å². The maximum absolute atomic E-state index is 13.9. The SMILES string of the molecule is CN(C(=O)c1ccc(F)cc1F)[C@@H](CN1CC(O)C1)C1CCC1. The Kier molecular flexibility index (Phi) is 4.64. The molecule has 1 saturated carbocycles. The molecule has 1 saturated heterocycles. The van der Waals surface area contributed by atoms with E-state index in [-0.39, 0.29) is 17.7 Å². The monoisotopic (exact) mass is 324 g/mol. The van der Waals surface area contributed by atoms with Gasteiger partial charge in [0.15, 0.2) is 0 Å². The first-order chi connectivity index (χ1) is 11.0. The molecule has 0 unspecified atom stereocenters. The van der Waals surface area contributed by atoms with Crippen LogP contribution >= 0.6 is 0 Å². The van der Waals surface area contributed by atoms with Gasteiger partial charge in [-0.05, 0) is 30.9 Å². The van der Waals surface area contributed by atoms with Gasteiger partial charge in [0.2, 0.25) is 0 Å². The molecule has 2 aliphatic rings. The highest BCUT2D eigenvalue weighted by atomic mass is 19.1. The van der Waals surface area contributed by atoms with Crippen LogP contribution < -0.4 is 0 Å². The number of likely N-dealkylation sites (N-methyl/N-ethyl adjacent to an activating group) is 1. The molecular weight excluding hydrogens is 302 g/mol. The highest BCUT2D eigenvalue weighted by Gasteiger charge is 2.37. The van der Waals surface area contributed by atoms with E-state index in [0.29, 0.717) is 25.6 Å². The van der Waals surface area contributed by atoms with Crippen LogP contribution in [0, 0.1) is 17.6 Å². The molecule has 1 aromatic carbocycles. The van der Waals surface area contributed by atoms with Crippen molar-refractivity contribution in [2.75, 3.05) is 26.7 Å². The van der Waals surface area contributed by atoms with Crippen molar-refractivity contribution in [2.24, 2.45) is 5.92 Å². The third kappa shape index (κ3) is 3.38. The van der Waals surface area contributed by atoms with E-state index in [2.05, 4.69) is 4.90 Å². The normalized spacial score (nSPS) is 20.7. The summed E-state index contributed by atoms with van der Waals surface area (Å²) in [4.78, 5) is 16.3. The van der Waals surface area contributed by atoms with Gasteiger partial charge in [0.05, 0.1) is 11.7 Å². The summed E-state index contributed by atoms with van der Waals surface area (Å²) in [6.45, 7) is 1.93. The van der Waals surface area contributed by atoms with Crippen LogP contribution in [0.3, 0.4) is 0 Å². The van der Waals surface area contributed by atoms with Gasteiger partial charge in [-0.1, -0.05) is 6.42 Å². The molecule has 6 heteroatoms. The molecular formula is C17H22F2N2O2. The molecule has 126 valence electrons. The number of nitrogens with zero attached hydrogens (tertiary/aromatic N) is 2. The van der Waals surface area contributed by atoms with Gasteiger partial charge in [0.1, 0.15) is 11.6 Å². The maximum atomic E-state index is 13.9. The van der Waals surface area contributed by atoms with Crippen LogP contribution in [0.2, 0.25) is 0 Å². The molecule has 4 nitrogen and oxygen atoms in total. The predicted molar refractivity (Wildman–Crippen MR) is 82.0 cm³/mol. The van der Waals surface area contributed by atoms with Crippen LogP contribution in [0.15, 0.2) is 18.2 Å². The topological polar surface area (TPSA) is 43.8 Å². The number of rotatable bonds is 5. The van der Waals surface area contributed by atoms with Gasteiger partial charge in [-0.2, -0.15) is 0 Å². The number of aliphatic hydroxyl groups is 1. The number of likely N-dealkylation sites (tertiary alicyclic amines) is 1. The molecule has 1 aliphatic carbocycles. The van der Waals surface area contributed by atoms with Crippen molar-refractivity contribution < 1.29 is 18.7 Å². The molecule has 1 aliphatic heterocycles. The fraction of sp³-hybridized carbons (Fsp3) is 0.588. The molecule has 1 amide bonds. The van der Waals surface area contributed by atoms with Crippen LogP contribution in [0.5, 0.6) is 0 Å². The highest BCUT2D eigenvalue weighted by molar-refractivity contribution is 5.94. The fourth-order valence-electron chi connectivity index (χ4n) is 3.37. The quantitative estimate of drug-likeness (QED) is 0.899. The van der Waals surface area contributed by atoms with Crippen molar-refractivity contribution in [1.82, 2.24) is 9.80 Å². The van der Waals surface area contributed by atoms with Crippen molar-refractivity contribution in [3.63, 3.8) is 0 Å². The number of benzene rings is 1. The zero-order chi connectivity index (χ0) is 16.6. The summed E-state index contributed by atoms with van der Waals surface area (Å²) >= 11 is 0. The molecule has 3 rings (SSSR count). The Labute approximate surface area is 134 Å². The van der Waals surface area contributed by atoms with E-state index in [4.69, 9.17) is 0 Å². The minimum Gasteiger partial charge on any atom is -0.390 e. The Bertz CT molecular complexity index is 586. The number of β-amino-alcohol motifs (C(OH)–C–C–N with tert-alkyl or cyclic N) is 1. The van der Waals surface area contributed by atoms with Crippen molar-refractivity contribution in [3.05, 3.63) is 35.4 Å². The van der Waals surface area contributed by atoms with Gasteiger partial charge < -0.3 is 10.0 Å². The largest absolute Gasteiger partial charge is 0.390 e. The number of hydrogen-bond donors (Lipinski definition) is 1. The van der Waals surface area contributed by atoms with Gasteiger partial charge in [0.25, 0.3) is 5.91 Å². The Balaban J connectivity index is 1.73. The zero-order valence-electron chi connectivity index (χ0n) is 13.2. The lowest BCUT2D eigenvalue weighted by Crippen LogP contribution is -2.58. The average Bonchev–Trinajstić information content (AvgIpc) is 2.41. The molecule has 23 heavy (non-hydrogen) atoms. The maximum Gasteiger partial charge on any atom is 0.256 e. The molecule has 1 atom stereocenters. The zero-order valence-corrected chi connectivity index (χ0v) is 13.2. The van der Waals surface area contributed by atoms with Crippen molar-refractivity contribution in [1.29, 1.82) is 0 Å². The van der Waals surface area contributed by atoms with Gasteiger partial charge in [-0.15, -0.1) is 0 Å². The van der Waals surface area contributed by atoms with Crippen molar-refractivity contribution >= 4 is 5.91 Å². The van der Waals surface area contributed by atoms with Crippen LogP contribution in [-0.2, 0) is 0 Å². The molecule has 1 aromatic rings. The third-order valence-electron chi connectivity index (χ3n) is 5.06. The van der Waals surface area contributed by atoms with E-state index in [1.165, 1.54) is 6.07 Å². The Morgan fingerprint density at radius 3 is 2.61 bits per heavy atom. The third-order valence-corrected chi connectivity index (χ3v) is 5.06. The van der Waals surface area contributed by atoms with Crippen molar-refractivity contribution in [2.45, 2.75) is 31.4 Å². The smallest absolute Gasteiger partial charge is 0.256 e. The lowest BCUT2D eigenvalue weighted by atomic mass is 9.78. The summed E-state index contributed by atoms with van der Waals surface area (Å²) in [6, 6.07) is 3.04. The summed E-state index contributed by atoms with van der Waals surface area (Å²) in [5.74, 6) is -1.52. The summed E-state index contributed by atoms with van der Waals surface area (Å²) < 4.78 is 26.9. The van der Waals surface area contributed by atoms with Crippen LogP contribution in [0.25, 0.3) is 0 Å². The number of halogens is 2. The molecule has 1 N–H and O–H groups in total. The summed E-state index contributed by atoms with van der Waals surface area (Å²) in [5.41, 5.74) is -0.0955. The molecule has 0 bridgehead atoms. The molecule has 2 fully saturated rings. The Hall–Kier alpha value is -1.53. The van der Waals surface area contributed by atoms with Crippen LogP contribution in [0.4, 0.5) is 8.78 Å². The number of amides is 1. The van der Waals surface area contributed by atoms with E-state index in [1.807, 2.05) is 0 Å². The van der Waals surface area contributed by atoms with Gasteiger partial charge in [-0.25, -0.2) is 8.78 Å². The highest BCUT2D eigenvalue weighted by Crippen LogP contribution is 2.33. The number of carbonyl (C=O) groups is 1. The van der Waals surface area contributed by atoms with E-state index in [1.54, 1.807) is 11.9 Å². The summed E-state index contributed by atoms with van der Waals surface area (Å²) in [6.07, 6.45) is 2.99. The average molecular weight is 324 g/mol. The van der Waals surface area contributed by atoms with Crippen LogP contribution in [0.1, 0.15) is 29.6 Å². The molecule has 0 spiro atoms. The first-order valence-electron chi connectivity index (χ1n) is 8.08. The second-order valence-electron chi connectivity index (χ2n) is 6.67. The Morgan fingerprint density at radius 1 is 1.39 bits per heavy atom. The number of aliphatic hydroxyl groups excluding tert-OH is 1. The molecule has 0 radical (unpaired) electrons. The minimum absolute atomic E-state index is 0.00629.